The van der Waals surface area contributed by atoms with Crippen LogP contribution >= 0.6 is 0 Å². The average Bonchev–Trinajstić information content (AvgIpc) is 3.82. The van der Waals surface area contributed by atoms with E-state index in [2.05, 4.69) is 176 Å². The van der Waals surface area contributed by atoms with Crippen molar-refractivity contribution >= 4 is 17.1 Å². The van der Waals surface area contributed by atoms with Gasteiger partial charge in [-0.05, 0) is 138 Å². The molecule has 1 spiro atoms. The molecule has 0 radical (unpaired) electrons. The highest BCUT2D eigenvalue weighted by Gasteiger charge is 2.51. The summed E-state index contributed by atoms with van der Waals surface area (Å²) in [4.78, 5) is 2.39. The van der Waals surface area contributed by atoms with Crippen LogP contribution in [0.25, 0.3) is 44.5 Å². The molecule has 0 heterocycles. The molecule has 1 heteroatoms. The van der Waals surface area contributed by atoms with Crippen LogP contribution in [0.3, 0.4) is 0 Å². The van der Waals surface area contributed by atoms with Gasteiger partial charge in [0.25, 0.3) is 0 Å². The predicted octanol–water partition coefficient (Wildman–Crippen LogP) is 13.6. The lowest BCUT2D eigenvalue weighted by Crippen LogP contribution is -2.26. The maximum Gasteiger partial charge on any atom is 0.0726 e. The third-order valence-electron chi connectivity index (χ3n) is 12.9. The van der Waals surface area contributed by atoms with Crippen molar-refractivity contribution in [2.45, 2.75) is 37.4 Å². The summed E-state index contributed by atoms with van der Waals surface area (Å²) in [6.07, 6.45) is -4.02. The lowest BCUT2D eigenvalue weighted by molar-refractivity contribution is 0.660. The van der Waals surface area contributed by atoms with Crippen molar-refractivity contribution in [3.8, 4) is 44.5 Å². The van der Waals surface area contributed by atoms with E-state index in [4.69, 9.17) is 5.48 Å². The van der Waals surface area contributed by atoms with Gasteiger partial charge in [-0.2, -0.15) is 0 Å². The van der Waals surface area contributed by atoms with Crippen molar-refractivity contribution in [1.82, 2.24) is 0 Å². The molecule has 55 heavy (non-hydrogen) atoms. The smallest absolute Gasteiger partial charge is 0.0726 e. The topological polar surface area (TPSA) is 3.24 Å². The summed E-state index contributed by atoms with van der Waals surface area (Å²) in [5, 5.41) is 0. The fourth-order valence-electron chi connectivity index (χ4n) is 10.3. The molecule has 1 nitrogen and oxygen atoms in total. The van der Waals surface area contributed by atoms with E-state index in [0.717, 1.165) is 28.2 Å². The van der Waals surface area contributed by atoms with E-state index in [0.29, 0.717) is 11.1 Å². The molecule has 260 valence electrons. The van der Waals surface area contributed by atoms with Crippen molar-refractivity contribution in [1.29, 1.82) is 0 Å². The molecule has 4 aliphatic carbocycles. The Morgan fingerprint density at radius 1 is 0.382 bits per heavy atom. The molecule has 0 atom stereocenters. The summed E-state index contributed by atoms with van der Waals surface area (Å²) in [6.45, 7) is 4.66. The van der Waals surface area contributed by atoms with Crippen LogP contribution < -0.4 is 4.90 Å². The fourth-order valence-corrected chi connectivity index (χ4v) is 10.3. The second-order valence-corrected chi connectivity index (χ2v) is 15.9. The van der Waals surface area contributed by atoms with Crippen LogP contribution in [0, 0.1) is 0 Å². The van der Waals surface area contributed by atoms with Gasteiger partial charge in [0.2, 0.25) is 0 Å². The largest absolute Gasteiger partial charge is 0.310 e. The second kappa shape index (κ2) is 11.1. The minimum Gasteiger partial charge on any atom is -0.310 e. The minimum atomic E-state index is -2.03. The van der Waals surface area contributed by atoms with E-state index in [1.54, 1.807) is 6.07 Å². The van der Waals surface area contributed by atoms with Gasteiger partial charge in [-0.25, -0.2) is 0 Å². The summed E-state index contributed by atoms with van der Waals surface area (Å²) in [5.41, 5.74) is 20.7. The first kappa shape index (κ1) is 27.2. The van der Waals surface area contributed by atoms with Crippen LogP contribution in [-0.4, -0.2) is 0 Å². The summed E-state index contributed by atoms with van der Waals surface area (Å²) in [5.74, 6) is 0. The molecule has 0 aliphatic heterocycles. The zero-order chi connectivity index (χ0) is 40.1. The monoisotopic (exact) mass is 705 g/mol. The molecule has 0 saturated heterocycles. The van der Waals surface area contributed by atoms with Gasteiger partial charge in [0, 0.05) is 28.0 Å². The highest BCUT2D eigenvalue weighted by Crippen LogP contribution is 2.63. The lowest BCUT2D eigenvalue weighted by Gasteiger charge is -2.32. The Morgan fingerprint density at radius 3 is 1.42 bits per heavy atom. The van der Waals surface area contributed by atoms with Crippen molar-refractivity contribution in [2.75, 3.05) is 4.90 Å². The number of rotatable bonds is 4. The zero-order valence-electron chi connectivity index (χ0n) is 34.7. The predicted molar refractivity (Wildman–Crippen MR) is 228 cm³/mol. The van der Waals surface area contributed by atoms with Gasteiger partial charge in [0.1, 0.15) is 0 Å². The first-order chi connectivity index (χ1) is 28.5. The molecule has 0 unspecified atom stereocenters. The Labute approximate surface area is 328 Å². The van der Waals surface area contributed by atoms with E-state index in [1.807, 2.05) is 12.1 Å². The first-order valence-corrected chi connectivity index (χ1v) is 19.3. The van der Waals surface area contributed by atoms with Gasteiger partial charge < -0.3 is 4.90 Å². The van der Waals surface area contributed by atoms with Crippen molar-refractivity contribution in [3.63, 3.8) is 0 Å². The maximum atomic E-state index is 8.44. The summed E-state index contributed by atoms with van der Waals surface area (Å²) in [6, 6.07) is 63.5. The molecule has 0 bridgehead atoms. The zero-order valence-corrected chi connectivity index (χ0v) is 30.7. The highest BCUT2D eigenvalue weighted by molar-refractivity contribution is 5.96. The van der Waals surface area contributed by atoms with Crippen LogP contribution in [-0.2, 0) is 23.6 Å². The average molecular weight is 706 g/mol. The molecule has 0 fully saturated rings. The highest BCUT2D eigenvalue weighted by atomic mass is 15.1. The molecule has 0 saturated carbocycles. The van der Waals surface area contributed by atoms with E-state index in [1.165, 1.54) is 66.8 Å². The molecular formula is C54H39N. The molecule has 4 aliphatic rings. The summed E-state index contributed by atoms with van der Waals surface area (Å²) >= 11 is 0. The Balaban J connectivity index is 1.06. The van der Waals surface area contributed by atoms with Crippen LogP contribution in [0.15, 0.2) is 176 Å². The number of aryl methyl sites for hydroxylation is 2. The van der Waals surface area contributed by atoms with Crippen molar-refractivity contribution < 1.29 is 5.48 Å². The summed E-state index contributed by atoms with van der Waals surface area (Å²) in [7, 11) is 0. The SMILES string of the molecule is [2H]C1([2H])c2ccc(-c3ccc(N(c4ccc5c(c4)C(C)(C)c4ccccc4-5)c4ccc5c(c4)C4(c6ccccc6-c6ccccc64)c4ccccc4-5)cc3)cc2C1([2H])[2H]. The van der Waals surface area contributed by atoms with E-state index in [-0.39, 0.29) is 5.41 Å². The molecular weight excluding hydrogens is 663 g/mol. The molecule has 12 rings (SSSR count). The first-order valence-electron chi connectivity index (χ1n) is 21.3. The maximum absolute atomic E-state index is 8.44. The third-order valence-corrected chi connectivity index (χ3v) is 12.9. The van der Waals surface area contributed by atoms with E-state index in [9.17, 15) is 0 Å². The quantitative estimate of drug-likeness (QED) is 0.176. The van der Waals surface area contributed by atoms with Gasteiger partial charge >= 0.3 is 0 Å². The third kappa shape index (κ3) is 4.08. The number of benzene rings is 8. The Kier molecular flexibility index (Phi) is 5.47. The fraction of sp³-hybridized carbons (Fsp3) is 0.111. The lowest BCUT2D eigenvalue weighted by atomic mass is 9.70. The molecule has 0 aromatic heterocycles. The van der Waals surface area contributed by atoms with E-state index < -0.39 is 18.2 Å². The standard InChI is InChI=1S/C54H39N/c1-53(2)47-15-7-3-11-41(47)45-29-27-39(32-51(45)53)55(38-25-23-35(24-26-38)37-22-20-34-19-21-36(34)31-37)40-28-30-46-44-14-6-10-18-50(44)54(52(46)33-40)48-16-8-4-12-42(48)43-13-5-9-17-49(43)54/h3-18,20,22-33H,19,21H2,1-2H3/i19D2,21D2. The van der Waals surface area contributed by atoms with Crippen molar-refractivity contribution in [3.05, 3.63) is 220 Å². The van der Waals surface area contributed by atoms with Crippen molar-refractivity contribution in [2.24, 2.45) is 0 Å². The van der Waals surface area contributed by atoms with Gasteiger partial charge in [0.05, 0.1) is 5.41 Å². The molecule has 8 aromatic carbocycles. The number of nitrogens with zero attached hydrogens (tertiary/aromatic N) is 1. The van der Waals surface area contributed by atoms with Gasteiger partial charge in [-0.15, -0.1) is 0 Å². The van der Waals surface area contributed by atoms with Crippen LogP contribution in [0.4, 0.5) is 17.1 Å². The van der Waals surface area contributed by atoms with Crippen LogP contribution in [0.2, 0.25) is 0 Å². The molecule has 8 aromatic rings. The number of hydrogen-bond donors (Lipinski definition) is 0. The normalized spacial score (nSPS) is 18.1. The van der Waals surface area contributed by atoms with Gasteiger partial charge in [0.15, 0.2) is 0 Å². The Hall–Kier alpha value is -6.44. The minimum absolute atomic E-state index is 0.173. The van der Waals surface area contributed by atoms with Gasteiger partial charge in [-0.3, -0.25) is 0 Å². The molecule has 0 amide bonds. The number of hydrogen-bond acceptors (Lipinski definition) is 1. The van der Waals surface area contributed by atoms with E-state index >= 15 is 0 Å². The van der Waals surface area contributed by atoms with Crippen LogP contribution in [0.1, 0.15) is 63.8 Å². The molecule has 0 N–H and O–H groups in total. The van der Waals surface area contributed by atoms with Gasteiger partial charge in [-0.1, -0.05) is 153 Å². The number of fused-ring (bicyclic) bond motifs is 14. The Morgan fingerprint density at radius 2 is 0.818 bits per heavy atom. The summed E-state index contributed by atoms with van der Waals surface area (Å²) < 4.78 is 33.4. The second-order valence-electron chi connectivity index (χ2n) is 15.9. The number of anilines is 3. The Bertz CT molecular complexity index is 3040. The van der Waals surface area contributed by atoms with Crippen LogP contribution in [0.5, 0.6) is 0 Å².